The molecule has 2 aromatic rings. The summed E-state index contributed by atoms with van der Waals surface area (Å²) < 4.78 is 8.35. The van der Waals surface area contributed by atoms with Gasteiger partial charge in [0.25, 0.3) is 0 Å². The molecule has 1 saturated carbocycles. The summed E-state index contributed by atoms with van der Waals surface area (Å²) in [5.74, 6) is 2.90. The van der Waals surface area contributed by atoms with E-state index in [9.17, 15) is 0 Å². The molecule has 2 aliphatic rings. The Labute approximate surface area is 282 Å². The van der Waals surface area contributed by atoms with Gasteiger partial charge >= 0.3 is 0 Å². The molecule has 0 saturated heterocycles. The first-order valence-corrected chi connectivity index (χ1v) is 21.3. The Kier molecular flexibility index (Phi) is 12.2. The zero-order valence-electron chi connectivity index (χ0n) is 30.3. The fourth-order valence-corrected chi connectivity index (χ4v) is 9.21. The van der Waals surface area contributed by atoms with Crippen LogP contribution < -0.4 is 15.1 Å². The van der Waals surface area contributed by atoms with E-state index in [-0.39, 0.29) is 6.04 Å². The highest BCUT2D eigenvalue weighted by Crippen LogP contribution is 2.44. The highest BCUT2D eigenvalue weighted by molar-refractivity contribution is 6.89. The second-order valence-electron chi connectivity index (χ2n) is 15.4. The third-order valence-electron chi connectivity index (χ3n) is 10.1. The van der Waals surface area contributed by atoms with Crippen LogP contribution in [0, 0.1) is 11.8 Å². The minimum atomic E-state index is -1.64. The molecule has 0 amide bonds. The lowest BCUT2D eigenvalue weighted by Crippen LogP contribution is -2.55. The highest BCUT2D eigenvalue weighted by atomic mass is 28.3. The Morgan fingerprint density at radius 2 is 1.80 bits per heavy atom. The summed E-state index contributed by atoms with van der Waals surface area (Å²) in [5.41, 5.74) is 8.23. The van der Waals surface area contributed by atoms with Crippen molar-refractivity contribution in [1.82, 2.24) is 10.2 Å². The van der Waals surface area contributed by atoms with E-state index in [0.29, 0.717) is 17.7 Å². The van der Waals surface area contributed by atoms with Gasteiger partial charge in [-0.15, -0.1) is 0 Å². The van der Waals surface area contributed by atoms with Crippen molar-refractivity contribution in [3.05, 3.63) is 96.5 Å². The predicted molar refractivity (Wildman–Crippen MR) is 200 cm³/mol. The van der Waals surface area contributed by atoms with Crippen LogP contribution in [0.4, 0.5) is 0 Å². The van der Waals surface area contributed by atoms with Gasteiger partial charge in [0.2, 0.25) is 11.7 Å². The SMILES string of the molecule is C=C(CC)OC(=C)NCC(C)CCC1c2ccccc2-c2cc(CC3CCCCC3)c([Si](C)(C)C)c[n+]2C1C(=C)N(C)C=C(C)C. The molecule has 2 heterocycles. The maximum atomic E-state index is 5.71. The monoisotopic (exact) mass is 640 g/mol. The summed E-state index contributed by atoms with van der Waals surface area (Å²) in [4.78, 5) is 2.27. The number of nitrogens with one attached hydrogen (secondary N) is 1. The molecular weight excluding hydrogens is 579 g/mol. The number of pyridine rings is 1. The van der Waals surface area contributed by atoms with Crippen LogP contribution in [0.1, 0.15) is 102 Å². The molecule has 4 rings (SSSR count). The first-order chi connectivity index (χ1) is 21.8. The number of hydrogen-bond acceptors (Lipinski definition) is 3. The van der Waals surface area contributed by atoms with E-state index in [1.165, 1.54) is 60.9 Å². The topological polar surface area (TPSA) is 28.4 Å². The number of hydrogen-bond donors (Lipinski definition) is 1. The Morgan fingerprint density at radius 1 is 1.11 bits per heavy atom. The summed E-state index contributed by atoms with van der Waals surface area (Å²) in [7, 11) is 0.537. The van der Waals surface area contributed by atoms with E-state index >= 15 is 0 Å². The lowest BCUT2D eigenvalue weighted by atomic mass is 9.77. The Hall–Kier alpha value is -3.05. The fourth-order valence-electron chi connectivity index (χ4n) is 7.54. The standard InChI is InChI=1S/C41H62N3OSi/c1-12-31(5)45-33(7)42-26-30(4)22-23-38-36-20-16-17-21-37(36)39-25-35(24-34-18-14-13-15-19-34)40(46(9,10)11)28-44(39)41(38)32(6)43(8)27-29(2)3/h16-17,20-21,25,27-28,30,34,38,41-42H,5-7,12-15,18-19,22-24,26H2,1-4,8-11H3/q+1. The first kappa shape index (κ1) is 35.8. The normalized spacial score (nSPS) is 18.5. The van der Waals surface area contributed by atoms with Crippen molar-refractivity contribution < 1.29 is 9.30 Å². The largest absolute Gasteiger partial charge is 0.447 e. The Morgan fingerprint density at radius 3 is 2.46 bits per heavy atom. The van der Waals surface area contributed by atoms with Crippen molar-refractivity contribution in [1.29, 1.82) is 0 Å². The van der Waals surface area contributed by atoms with Crippen LogP contribution >= 0.6 is 0 Å². The number of fused-ring (bicyclic) bond motifs is 3. The molecule has 1 N–H and O–H groups in total. The minimum absolute atomic E-state index is 0.135. The second kappa shape index (κ2) is 15.7. The quantitative estimate of drug-likeness (QED) is 0.119. The van der Waals surface area contributed by atoms with Crippen LogP contribution in [-0.4, -0.2) is 26.6 Å². The summed E-state index contributed by atoms with van der Waals surface area (Å²) in [5, 5.41) is 5.01. The molecule has 1 aliphatic heterocycles. The molecule has 3 unspecified atom stereocenters. The molecule has 5 heteroatoms. The lowest BCUT2D eigenvalue weighted by molar-refractivity contribution is -0.710. The molecule has 250 valence electrons. The van der Waals surface area contributed by atoms with Gasteiger partial charge in [0.1, 0.15) is 0 Å². The van der Waals surface area contributed by atoms with E-state index in [1.54, 1.807) is 10.8 Å². The molecule has 4 nitrogen and oxygen atoms in total. The zero-order valence-corrected chi connectivity index (χ0v) is 31.3. The van der Waals surface area contributed by atoms with Crippen LogP contribution in [0.5, 0.6) is 0 Å². The van der Waals surface area contributed by atoms with Crippen LogP contribution in [0.15, 0.2) is 85.4 Å². The van der Waals surface area contributed by atoms with Gasteiger partial charge in [-0.3, -0.25) is 0 Å². The Bertz CT molecular complexity index is 1420. The van der Waals surface area contributed by atoms with E-state index in [4.69, 9.17) is 11.3 Å². The van der Waals surface area contributed by atoms with Crippen molar-refractivity contribution in [3.63, 3.8) is 0 Å². The van der Waals surface area contributed by atoms with Gasteiger partial charge in [-0.25, -0.2) is 0 Å². The number of aromatic nitrogens is 1. The number of allylic oxidation sites excluding steroid dienone is 3. The number of ether oxygens (including phenoxy) is 1. The molecule has 0 radical (unpaired) electrons. The number of rotatable bonds is 15. The van der Waals surface area contributed by atoms with E-state index in [1.807, 2.05) is 6.92 Å². The second-order valence-corrected chi connectivity index (χ2v) is 20.4. The van der Waals surface area contributed by atoms with Crippen LogP contribution in [-0.2, 0) is 11.2 Å². The molecule has 0 spiro atoms. The zero-order chi connectivity index (χ0) is 33.6. The molecule has 0 bridgehead atoms. The van der Waals surface area contributed by atoms with Gasteiger partial charge in [-0.05, 0) is 68.7 Å². The van der Waals surface area contributed by atoms with Gasteiger partial charge in [0.05, 0.1) is 25.4 Å². The van der Waals surface area contributed by atoms with Crippen LogP contribution in [0.25, 0.3) is 11.3 Å². The Balaban J connectivity index is 1.75. The van der Waals surface area contributed by atoms with Gasteiger partial charge in [-0.1, -0.05) is 103 Å². The van der Waals surface area contributed by atoms with E-state index in [2.05, 4.69) is 118 Å². The first-order valence-electron chi connectivity index (χ1n) is 17.8. The summed E-state index contributed by atoms with van der Waals surface area (Å²) in [6, 6.07) is 11.9. The molecule has 1 fully saturated rings. The van der Waals surface area contributed by atoms with Crippen molar-refractivity contribution in [2.75, 3.05) is 13.6 Å². The molecular formula is C41H62N3OSi+. The molecule has 1 aromatic heterocycles. The maximum absolute atomic E-state index is 5.71. The summed E-state index contributed by atoms with van der Waals surface area (Å²) in [6.07, 6.45) is 15.9. The lowest BCUT2D eigenvalue weighted by Gasteiger charge is -2.36. The maximum Gasteiger partial charge on any atom is 0.213 e. The average Bonchev–Trinajstić information content (AvgIpc) is 3.01. The van der Waals surface area contributed by atoms with E-state index in [0.717, 1.165) is 43.2 Å². The van der Waals surface area contributed by atoms with Gasteiger partial charge < -0.3 is 15.0 Å². The third-order valence-corrected chi connectivity index (χ3v) is 12.2. The van der Waals surface area contributed by atoms with Crippen LogP contribution in [0.2, 0.25) is 19.6 Å². The highest BCUT2D eigenvalue weighted by Gasteiger charge is 2.44. The smallest absolute Gasteiger partial charge is 0.213 e. The molecule has 3 atom stereocenters. The average molecular weight is 641 g/mol. The molecule has 1 aliphatic carbocycles. The van der Waals surface area contributed by atoms with Gasteiger partial charge in [0.15, 0.2) is 12.1 Å². The third kappa shape index (κ3) is 8.85. The van der Waals surface area contributed by atoms with Gasteiger partial charge in [-0.2, -0.15) is 4.57 Å². The van der Waals surface area contributed by atoms with Crippen molar-refractivity contribution in [2.24, 2.45) is 11.8 Å². The molecule has 1 aromatic carbocycles. The van der Waals surface area contributed by atoms with Crippen LogP contribution in [0.3, 0.4) is 0 Å². The van der Waals surface area contributed by atoms with Crippen molar-refractivity contribution in [3.8, 4) is 11.3 Å². The summed E-state index contributed by atoms with van der Waals surface area (Å²) >= 11 is 0. The number of benzene rings is 1. The van der Waals surface area contributed by atoms with Crippen molar-refractivity contribution in [2.45, 2.75) is 117 Å². The predicted octanol–water partition coefficient (Wildman–Crippen LogP) is 9.73. The van der Waals surface area contributed by atoms with E-state index < -0.39 is 8.07 Å². The summed E-state index contributed by atoms with van der Waals surface area (Å²) in [6.45, 7) is 29.9. The minimum Gasteiger partial charge on any atom is -0.447 e. The van der Waals surface area contributed by atoms with Crippen molar-refractivity contribution >= 4 is 13.3 Å². The fraction of sp³-hybridized carbons (Fsp3) is 0.537. The van der Waals surface area contributed by atoms with Gasteiger partial charge in [0, 0.05) is 43.0 Å². The number of likely N-dealkylation sites (N-methyl/N-ethyl adjacent to an activating group) is 1. The number of nitrogens with zero attached hydrogens (tertiary/aromatic N) is 2. The molecule has 46 heavy (non-hydrogen) atoms.